The van der Waals surface area contributed by atoms with Gasteiger partial charge in [0.05, 0.1) is 23.3 Å². The lowest BCUT2D eigenvalue weighted by Crippen LogP contribution is -2.53. The first-order valence-corrected chi connectivity index (χ1v) is 8.70. The van der Waals surface area contributed by atoms with Crippen molar-refractivity contribution in [3.05, 3.63) is 17.5 Å². The summed E-state index contributed by atoms with van der Waals surface area (Å²) in [5, 5.41) is 4.39. The fourth-order valence-electron chi connectivity index (χ4n) is 5.90. The molecule has 0 radical (unpaired) electrons. The van der Waals surface area contributed by atoms with Gasteiger partial charge in [-0.1, -0.05) is 0 Å². The third kappa shape index (κ3) is 2.19. The molecule has 22 heavy (non-hydrogen) atoms. The van der Waals surface area contributed by atoms with Gasteiger partial charge in [0.2, 0.25) is 5.91 Å². The van der Waals surface area contributed by atoms with Gasteiger partial charge in [0.15, 0.2) is 0 Å². The molecule has 4 heteroatoms. The molecule has 4 aliphatic carbocycles. The van der Waals surface area contributed by atoms with Crippen molar-refractivity contribution in [1.29, 1.82) is 0 Å². The zero-order chi connectivity index (χ0) is 15.5. The molecule has 0 spiro atoms. The molecule has 4 saturated carbocycles. The van der Waals surface area contributed by atoms with E-state index in [0.717, 1.165) is 48.4 Å². The van der Waals surface area contributed by atoms with Crippen LogP contribution in [-0.2, 0) is 18.4 Å². The zero-order valence-corrected chi connectivity index (χ0v) is 14.0. The normalized spacial score (nSPS) is 35.9. The number of nitrogens with zero attached hydrogens (tertiary/aromatic N) is 3. The van der Waals surface area contributed by atoms with Crippen LogP contribution < -0.4 is 0 Å². The standard InChI is InChI=1S/C18H27N3O/c1-12-4-16(21(3)19-12)11-20(2)17(22)18-8-13-5-14(9-18)7-15(6-13)10-18/h4,13-15H,5-11H2,1-3H3. The molecule has 4 aliphatic rings. The maximum absolute atomic E-state index is 13.2. The molecule has 1 aromatic rings. The molecule has 5 rings (SSSR count). The Labute approximate surface area is 132 Å². The Morgan fingerprint density at radius 1 is 1.27 bits per heavy atom. The van der Waals surface area contributed by atoms with Crippen LogP contribution in [-0.4, -0.2) is 27.6 Å². The summed E-state index contributed by atoms with van der Waals surface area (Å²) in [5.41, 5.74) is 2.11. The molecule has 4 bridgehead atoms. The maximum Gasteiger partial charge on any atom is 0.228 e. The number of carbonyl (C=O) groups excluding carboxylic acids is 1. The van der Waals surface area contributed by atoms with Gasteiger partial charge in [0, 0.05) is 14.1 Å². The number of hydrogen-bond acceptors (Lipinski definition) is 2. The number of carbonyl (C=O) groups is 1. The van der Waals surface area contributed by atoms with Gasteiger partial charge in [-0.15, -0.1) is 0 Å². The van der Waals surface area contributed by atoms with Crippen LogP contribution in [0.15, 0.2) is 6.07 Å². The number of aromatic nitrogens is 2. The highest BCUT2D eigenvalue weighted by Crippen LogP contribution is 2.60. The topological polar surface area (TPSA) is 38.1 Å². The quantitative estimate of drug-likeness (QED) is 0.861. The first-order valence-electron chi connectivity index (χ1n) is 8.70. The van der Waals surface area contributed by atoms with E-state index in [1.165, 1.54) is 19.3 Å². The maximum atomic E-state index is 13.2. The van der Waals surface area contributed by atoms with Crippen molar-refractivity contribution in [3.8, 4) is 0 Å². The van der Waals surface area contributed by atoms with Crippen molar-refractivity contribution in [2.75, 3.05) is 7.05 Å². The SMILES string of the molecule is Cc1cc(CN(C)C(=O)C23CC4CC(CC(C4)C2)C3)n(C)n1. The number of rotatable bonds is 3. The Bertz CT molecular complexity index is 568. The Kier molecular flexibility index (Phi) is 3.14. The highest BCUT2D eigenvalue weighted by Gasteiger charge is 2.55. The number of aryl methyl sites for hydroxylation is 2. The molecule has 0 N–H and O–H groups in total. The molecule has 120 valence electrons. The third-order valence-electron chi connectivity index (χ3n) is 6.34. The summed E-state index contributed by atoms with van der Waals surface area (Å²) in [6, 6.07) is 2.09. The van der Waals surface area contributed by atoms with Gasteiger partial charge in [0.1, 0.15) is 0 Å². The summed E-state index contributed by atoms with van der Waals surface area (Å²) in [7, 11) is 3.94. The van der Waals surface area contributed by atoms with E-state index in [1.807, 2.05) is 30.6 Å². The zero-order valence-electron chi connectivity index (χ0n) is 14.0. The van der Waals surface area contributed by atoms with E-state index >= 15 is 0 Å². The highest BCUT2D eigenvalue weighted by molar-refractivity contribution is 5.83. The molecule has 4 nitrogen and oxygen atoms in total. The van der Waals surface area contributed by atoms with Crippen molar-refractivity contribution in [3.63, 3.8) is 0 Å². The third-order valence-corrected chi connectivity index (χ3v) is 6.34. The molecule has 0 saturated heterocycles. The van der Waals surface area contributed by atoms with Gasteiger partial charge in [-0.05, 0) is 69.3 Å². The van der Waals surface area contributed by atoms with Crippen LogP contribution in [0.25, 0.3) is 0 Å². The summed E-state index contributed by atoms with van der Waals surface area (Å²) in [6.07, 6.45) is 7.59. The van der Waals surface area contributed by atoms with E-state index in [4.69, 9.17) is 0 Å². The van der Waals surface area contributed by atoms with Crippen LogP contribution in [0.4, 0.5) is 0 Å². The van der Waals surface area contributed by atoms with Gasteiger partial charge >= 0.3 is 0 Å². The largest absolute Gasteiger partial charge is 0.339 e. The fourth-order valence-corrected chi connectivity index (χ4v) is 5.90. The molecule has 0 atom stereocenters. The lowest BCUT2D eigenvalue weighted by Gasteiger charge is -2.56. The molecule has 0 aliphatic heterocycles. The average Bonchev–Trinajstić information content (AvgIpc) is 2.74. The molecule has 0 aromatic carbocycles. The lowest BCUT2D eigenvalue weighted by molar-refractivity contribution is -0.156. The van der Waals surface area contributed by atoms with Crippen molar-refractivity contribution in [2.24, 2.45) is 30.2 Å². The van der Waals surface area contributed by atoms with Crippen molar-refractivity contribution >= 4 is 5.91 Å². The van der Waals surface area contributed by atoms with Gasteiger partial charge in [-0.3, -0.25) is 9.48 Å². The van der Waals surface area contributed by atoms with Gasteiger partial charge in [-0.2, -0.15) is 5.10 Å². The Balaban J connectivity index is 1.52. The molecule has 1 amide bonds. The monoisotopic (exact) mass is 301 g/mol. The second-order valence-electron chi connectivity index (χ2n) is 8.26. The Morgan fingerprint density at radius 2 is 1.82 bits per heavy atom. The molecular weight excluding hydrogens is 274 g/mol. The van der Waals surface area contributed by atoms with E-state index in [9.17, 15) is 4.79 Å². The minimum Gasteiger partial charge on any atom is -0.339 e. The Morgan fingerprint density at radius 3 is 2.27 bits per heavy atom. The minimum atomic E-state index is -0.0306. The van der Waals surface area contributed by atoms with Gasteiger partial charge < -0.3 is 4.90 Å². The number of amides is 1. The van der Waals surface area contributed by atoms with Crippen LogP contribution >= 0.6 is 0 Å². The molecule has 0 unspecified atom stereocenters. The molecule has 4 fully saturated rings. The van der Waals surface area contributed by atoms with E-state index < -0.39 is 0 Å². The first kappa shape index (κ1) is 14.3. The summed E-state index contributed by atoms with van der Waals surface area (Å²) < 4.78 is 1.90. The van der Waals surface area contributed by atoms with E-state index in [2.05, 4.69) is 11.2 Å². The highest BCUT2D eigenvalue weighted by atomic mass is 16.2. The smallest absolute Gasteiger partial charge is 0.228 e. The molecule has 1 heterocycles. The first-order chi connectivity index (χ1) is 10.4. The van der Waals surface area contributed by atoms with Crippen LogP contribution in [0.1, 0.15) is 49.9 Å². The second-order valence-corrected chi connectivity index (χ2v) is 8.26. The average molecular weight is 301 g/mol. The predicted octanol–water partition coefficient (Wildman–Crippen LogP) is 2.90. The fraction of sp³-hybridized carbons (Fsp3) is 0.778. The van der Waals surface area contributed by atoms with Crippen molar-refractivity contribution < 1.29 is 4.79 Å². The minimum absolute atomic E-state index is 0.0306. The van der Waals surface area contributed by atoms with Crippen LogP contribution in [0.2, 0.25) is 0 Å². The van der Waals surface area contributed by atoms with Crippen molar-refractivity contribution in [2.45, 2.75) is 52.0 Å². The summed E-state index contributed by atoms with van der Waals surface area (Å²) in [5.74, 6) is 2.86. The Hall–Kier alpha value is -1.32. The van der Waals surface area contributed by atoms with Crippen LogP contribution in [0.5, 0.6) is 0 Å². The molecular formula is C18H27N3O. The number of hydrogen-bond donors (Lipinski definition) is 0. The molecule has 1 aromatic heterocycles. The lowest BCUT2D eigenvalue weighted by atomic mass is 9.49. The van der Waals surface area contributed by atoms with E-state index in [-0.39, 0.29) is 5.41 Å². The van der Waals surface area contributed by atoms with Gasteiger partial charge in [-0.25, -0.2) is 0 Å². The van der Waals surface area contributed by atoms with Crippen molar-refractivity contribution in [1.82, 2.24) is 14.7 Å². The van der Waals surface area contributed by atoms with Crippen LogP contribution in [0, 0.1) is 30.1 Å². The second kappa shape index (κ2) is 4.84. The summed E-state index contributed by atoms with van der Waals surface area (Å²) in [6.45, 7) is 2.68. The summed E-state index contributed by atoms with van der Waals surface area (Å²) >= 11 is 0. The van der Waals surface area contributed by atoms with E-state index in [0.29, 0.717) is 12.5 Å². The van der Waals surface area contributed by atoms with Gasteiger partial charge in [0.25, 0.3) is 0 Å². The predicted molar refractivity (Wildman–Crippen MR) is 85.0 cm³/mol. The summed E-state index contributed by atoms with van der Waals surface area (Å²) in [4.78, 5) is 15.2. The van der Waals surface area contributed by atoms with Crippen LogP contribution in [0.3, 0.4) is 0 Å². The van der Waals surface area contributed by atoms with E-state index in [1.54, 1.807) is 0 Å².